The van der Waals surface area contributed by atoms with Gasteiger partial charge in [0, 0.05) is 12.0 Å². The Morgan fingerprint density at radius 3 is 2.25 bits per heavy atom. The first-order valence-electron chi connectivity index (χ1n) is 5.64. The van der Waals surface area contributed by atoms with Gasteiger partial charge in [0.05, 0.1) is 5.69 Å². The molecule has 4 heteroatoms. The van der Waals surface area contributed by atoms with E-state index in [9.17, 15) is 4.79 Å². The van der Waals surface area contributed by atoms with Crippen LogP contribution in [0.25, 0.3) is 0 Å². The van der Waals surface area contributed by atoms with E-state index in [1.807, 2.05) is 27.7 Å². The monoisotopic (exact) mass is 222 g/mol. The zero-order valence-corrected chi connectivity index (χ0v) is 10.2. The van der Waals surface area contributed by atoms with Gasteiger partial charge in [-0.15, -0.1) is 0 Å². The van der Waals surface area contributed by atoms with Crippen LogP contribution in [0.2, 0.25) is 0 Å². The largest absolute Gasteiger partial charge is 0.477 e. The highest BCUT2D eigenvalue weighted by Gasteiger charge is 2.19. The van der Waals surface area contributed by atoms with Crippen LogP contribution < -0.4 is 0 Å². The van der Waals surface area contributed by atoms with Crippen LogP contribution >= 0.6 is 0 Å². The summed E-state index contributed by atoms with van der Waals surface area (Å²) in [6.07, 6.45) is 1.31. The van der Waals surface area contributed by atoms with Crippen molar-refractivity contribution in [2.75, 3.05) is 0 Å². The van der Waals surface area contributed by atoms with E-state index in [0.717, 1.165) is 11.3 Å². The lowest BCUT2D eigenvalue weighted by Gasteiger charge is -2.13. The number of carbonyl (C=O) groups is 1. The van der Waals surface area contributed by atoms with Gasteiger partial charge in [0.25, 0.3) is 0 Å². The highest BCUT2D eigenvalue weighted by Crippen LogP contribution is 2.21. The summed E-state index contributed by atoms with van der Waals surface area (Å²) in [6.45, 7) is 7.90. The molecule has 1 aromatic rings. The predicted molar refractivity (Wildman–Crippen MR) is 61.8 cm³/mol. The van der Waals surface area contributed by atoms with Gasteiger partial charge >= 0.3 is 5.97 Å². The van der Waals surface area contributed by atoms with Crippen LogP contribution in [0.15, 0.2) is 0 Å². The van der Waals surface area contributed by atoms with Crippen molar-refractivity contribution in [1.82, 2.24) is 9.97 Å². The number of aromatic carboxylic acids is 1. The standard InChI is InChI=1S/C12H18N2O2/c1-5-8-10(7(3)4)13-9(6-2)14-11(8)12(15)16/h7H,5-6H2,1-4H3,(H,15,16). The van der Waals surface area contributed by atoms with Gasteiger partial charge in [-0.3, -0.25) is 0 Å². The lowest BCUT2D eigenvalue weighted by molar-refractivity contribution is 0.0688. The van der Waals surface area contributed by atoms with Crippen molar-refractivity contribution in [3.05, 3.63) is 22.8 Å². The van der Waals surface area contributed by atoms with Crippen LogP contribution in [0.3, 0.4) is 0 Å². The maximum absolute atomic E-state index is 11.1. The molecule has 1 N–H and O–H groups in total. The number of carboxylic acid groups (broad SMARTS) is 1. The number of hydrogen-bond donors (Lipinski definition) is 1. The minimum atomic E-state index is -0.962. The molecule has 1 heterocycles. The Balaban J connectivity index is 3.46. The Kier molecular flexibility index (Phi) is 3.99. The topological polar surface area (TPSA) is 63.1 Å². The van der Waals surface area contributed by atoms with Crippen molar-refractivity contribution in [3.8, 4) is 0 Å². The summed E-state index contributed by atoms with van der Waals surface area (Å²) < 4.78 is 0. The van der Waals surface area contributed by atoms with Gasteiger partial charge in [0.15, 0.2) is 5.69 Å². The number of carboxylic acids is 1. The minimum absolute atomic E-state index is 0.165. The van der Waals surface area contributed by atoms with Crippen molar-refractivity contribution in [2.24, 2.45) is 0 Å². The Morgan fingerprint density at radius 1 is 1.25 bits per heavy atom. The number of aryl methyl sites for hydroxylation is 1. The zero-order chi connectivity index (χ0) is 12.3. The molecular weight excluding hydrogens is 204 g/mol. The molecule has 1 aromatic heterocycles. The van der Waals surface area contributed by atoms with Crippen molar-refractivity contribution in [2.45, 2.75) is 46.5 Å². The summed E-state index contributed by atoms with van der Waals surface area (Å²) in [6, 6.07) is 0. The second kappa shape index (κ2) is 5.05. The number of nitrogens with zero attached hydrogens (tertiary/aromatic N) is 2. The molecule has 0 aliphatic carbocycles. The Morgan fingerprint density at radius 2 is 1.88 bits per heavy atom. The quantitative estimate of drug-likeness (QED) is 0.849. The van der Waals surface area contributed by atoms with Crippen LogP contribution in [-0.2, 0) is 12.8 Å². The van der Waals surface area contributed by atoms with Crippen LogP contribution in [0, 0.1) is 0 Å². The predicted octanol–water partition coefficient (Wildman–Crippen LogP) is 2.42. The first kappa shape index (κ1) is 12.6. The molecule has 0 aromatic carbocycles. The number of hydrogen-bond acceptors (Lipinski definition) is 3. The van der Waals surface area contributed by atoms with Gasteiger partial charge in [0.2, 0.25) is 0 Å². The van der Waals surface area contributed by atoms with Gasteiger partial charge in [-0.2, -0.15) is 0 Å². The number of rotatable bonds is 4. The molecule has 0 saturated carbocycles. The van der Waals surface area contributed by atoms with E-state index in [1.165, 1.54) is 0 Å². The van der Waals surface area contributed by atoms with Crippen molar-refractivity contribution in [1.29, 1.82) is 0 Å². The van der Waals surface area contributed by atoms with Crippen molar-refractivity contribution >= 4 is 5.97 Å². The first-order chi connectivity index (χ1) is 7.51. The molecule has 4 nitrogen and oxygen atoms in total. The SMILES string of the molecule is CCc1nc(C(=O)O)c(CC)c(C(C)C)n1. The molecule has 0 radical (unpaired) electrons. The lowest BCUT2D eigenvalue weighted by atomic mass is 10.00. The molecule has 0 aliphatic heterocycles. The fraction of sp³-hybridized carbons (Fsp3) is 0.583. The fourth-order valence-electron chi connectivity index (χ4n) is 1.71. The van der Waals surface area contributed by atoms with E-state index in [0.29, 0.717) is 18.7 Å². The molecule has 0 bridgehead atoms. The Hall–Kier alpha value is -1.45. The van der Waals surface area contributed by atoms with Crippen LogP contribution in [0.5, 0.6) is 0 Å². The summed E-state index contributed by atoms with van der Waals surface area (Å²) in [7, 11) is 0. The van der Waals surface area contributed by atoms with Crippen molar-refractivity contribution < 1.29 is 9.90 Å². The molecule has 0 fully saturated rings. The van der Waals surface area contributed by atoms with Crippen LogP contribution in [0.1, 0.15) is 61.2 Å². The third-order valence-electron chi connectivity index (χ3n) is 2.50. The van der Waals surface area contributed by atoms with Gasteiger partial charge in [-0.25, -0.2) is 14.8 Å². The smallest absolute Gasteiger partial charge is 0.354 e. The third-order valence-corrected chi connectivity index (χ3v) is 2.50. The molecule has 0 saturated heterocycles. The first-order valence-corrected chi connectivity index (χ1v) is 5.64. The van der Waals surface area contributed by atoms with Crippen LogP contribution in [-0.4, -0.2) is 21.0 Å². The third kappa shape index (κ3) is 2.38. The summed E-state index contributed by atoms with van der Waals surface area (Å²) in [5.41, 5.74) is 1.80. The molecule has 0 spiro atoms. The molecule has 0 aliphatic rings. The molecule has 0 atom stereocenters. The molecule has 0 amide bonds. The van der Waals surface area contributed by atoms with Gasteiger partial charge < -0.3 is 5.11 Å². The molecule has 1 rings (SSSR count). The van der Waals surface area contributed by atoms with Gasteiger partial charge in [0.1, 0.15) is 5.82 Å². The van der Waals surface area contributed by atoms with Gasteiger partial charge in [-0.1, -0.05) is 27.7 Å². The highest BCUT2D eigenvalue weighted by molar-refractivity contribution is 5.87. The van der Waals surface area contributed by atoms with E-state index in [4.69, 9.17) is 5.11 Å². The van der Waals surface area contributed by atoms with E-state index in [2.05, 4.69) is 9.97 Å². The summed E-state index contributed by atoms with van der Waals surface area (Å²) in [5, 5.41) is 9.13. The lowest BCUT2D eigenvalue weighted by Crippen LogP contribution is -2.14. The molecule has 16 heavy (non-hydrogen) atoms. The summed E-state index contributed by atoms with van der Waals surface area (Å²) in [4.78, 5) is 19.7. The second-order valence-corrected chi connectivity index (χ2v) is 4.02. The van der Waals surface area contributed by atoms with E-state index in [-0.39, 0.29) is 11.6 Å². The molecular formula is C12H18N2O2. The van der Waals surface area contributed by atoms with E-state index >= 15 is 0 Å². The Bertz CT molecular complexity index is 400. The minimum Gasteiger partial charge on any atom is -0.477 e. The maximum Gasteiger partial charge on any atom is 0.354 e. The summed E-state index contributed by atoms with van der Waals surface area (Å²) >= 11 is 0. The second-order valence-electron chi connectivity index (χ2n) is 4.02. The molecule has 88 valence electrons. The molecule has 0 unspecified atom stereocenters. The zero-order valence-electron chi connectivity index (χ0n) is 10.2. The van der Waals surface area contributed by atoms with Gasteiger partial charge in [-0.05, 0) is 12.3 Å². The number of aromatic nitrogens is 2. The van der Waals surface area contributed by atoms with Crippen molar-refractivity contribution in [3.63, 3.8) is 0 Å². The summed E-state index contributed by atoms with van der Waals surface area (Å²) in [5.74, 6) is -0.129. The van der Waals surface area contributed by atoms with E-state index < -0.39 is 5.97 Å². The normalized spacial score (nSPS) is 10.8. The Labute approximate surface area is 95.7 Å². The van der Waals surface area contributed by atoms with E-state index in [1.54, 1.807) is 0 Å². The average Bonchev–Trinajstić information content (AvgIpc) is 2.26. The average molecular weight is 222 g/mol. The van der Waals surface area contributed by atoms with Crippen LogP contribution in [0.4, 0.5) is 0 Å². The maximum atomic E-state index is 11.1. The highest BCUT2D eigenvalue weighted by atomic mass is 16.4. The fourth-order valence-corrected chi connectivity index (χ4v) is 1.71.